The molecule has 2 saturated carbocycles. The summed E-state index contributed by atoms with van der Waals surface area (Å²) in [6, 6.07) is 0. The maximum absolute atomic E-state index is 2.29. The maximum atomic E-state index is 2.29. The van der Waals surface area contributed by atoms with Gasteiger partial charge in [-0.05, 0) is 11.8 Å². The van der Waals surface area contributed by atoms with E-state index in [1.165, 1.54) is 128 Å². The molecule has 0 aliphatic heterocycles. The average Bonchev–Trinajstić information content (AvgIpc) is 3.29. The molecule has 0 saturated heterocycles. The van der Waals surface area contributed by atoms with Crippen molar-refractivity contribution in [2.24, 2.45) is 11.8 Å². The van der Waals surface area contributed by atoms with Crippen molar-refractivity contribution in [3.63, 3.8) is 0 Å². The maximum Gasteiger partial charge on any atom is 4.00 e. The van der Waals surface area contributed by atoms with Gasteiger partial charge < -0.3 is 29.7 Å². The van der Waals surface area contributed by atoms with Gasteiger partial charge in [-0.2, -0.15) is 0 Å². The monoisotopic (exact) mass is 486 g/mol. The van der Waals surface area contributed by atoms with Crippen molar-refractivity contribution in [3.05, 3.63) is 29.7 Å². The Balaban J connectivity index is -0.000000113. The Morgan fingerprint density at radius 1 is 0.448 bits per heavy atom. The zero-order valence-electron chi connectivity index (χ0n) is 21.8. The minimum absolute atomic E-state index is 0. The van der Waals surface area contributed by atoms with Crippen LogP contribution in [0, 0.1) is 41.5 Å². The predicted molar refractivity (Wildman–Crippen MR) is 136 cm³/mol. The summed E-state index contributed by atoms with van der Waals surface area (Å²) in [5, 5.41) is 0. The van der Waals surface area contributed by atoms with Crippen LogP contribution in [0.4, 0.5) is 0 Å². The van der Waals surface area contributed by atoms with Gasteiger partial charge in [0.25, 0.3) is 0 Å². The molecule has 0 amide bonds. The second kappa shape index (κ2) is 31.1. The minimum atomic E-state index is 0. The third-order valence-electron chi connectivity index (χ3n) is 6.38. The first-order valence-corrected chi connectivity index (χ1v) is 11.9. The van der Waals surface area contributed by atoms with Crippen molar-refractivity contribution in [1.82, 2.24) is 0 Å². The number of unbranched alkanes of at least 4 members (excludes halogenated alkanes) is 8. The van der Waals surface area contributed by atoms with Crippen LogP contribution in [0.1, 0.15) is 142 Å². The van der Waals surface area contributed by atoms with Crippen molar-refractivity contribution in [1.29, 1.82) is 0 Å². The van der Waals surface area contributed by atoms with E-state index in [2.05, 4.69) is 13.8 Å². The van der Waals surface area contributed by atoms with Crippen LogP contribution in [0.3, 0.4) is 0 Å². The van der Waals surface area contributed by atoms with Crippen LogP contribution in [0.25, 0.3) is 0 Å². The molecular weight excluding hydrogens is 428 g/mol. The molecule has 0 N–H and O–H groups in total. The van der Waals surface area contributed by atoms with Crippen molar-refractivity contribution < 1.29 is 26.2 Å². The summed E-state index contributed by atoms with van der Waals surface area (Å²) in [4.78, 5) is 0. The first-order valence-electron chi connectivity index (χ1n) is 11.9. The molecule has 2 fully saturated rings. The predicted octanol–water partition coefficient (Wildman–Crippen LogP) is 10.9. The van der Waals surface area contributed by atoms with Crippen LogP contribution in [0.15, 0.2) is 0 Å². The Morgan fingerprint density at radius 2 is 0.724 bits per heavy atom. The van der Waals surface area contributed by atoms with E-state index >= 15 is 0 Å². The molecular formula is C28H60Zr. The van der Waals surface area contributed by atoms with Gasteiger partial charge in [0, 0.05) is 0 Å². The summed E-state index contributed by atoms with van der Waals surface area (Å²) < 4.78 is 0. The third-order valence-corrected chi connectivity index (χ3v) is 6.38. The molecule has 0 aromatic carbocycles. The Labute approximate surface area is 209 Å². The summed E-state index contributed by atoms with van der Waals surface area (Å²) >= 11 is 0. The topological polar surface area (TPSA) is 0 Å². The van der Waals surface area contributed by atoms with Crippen molar-refractivity contribution >= 4 is 0 Å². The van der Waals surface area contributed by atoms with E-state index in [9.17, 15) is 0 Å². The first kappa shape index (κ1) is 40.3. The van der Waals surface area contributed by atoms with Crippen LogP contribution in [0.5, 0.6) is 0 Å². The smallest absolute Gasteiger partial charge is 0.358 e. The quantitative estimate of drug-likeness (QED) is 0.189. The molecule has 0 atom stereocenters. The third kappa shape index (κ3) is 25.0. The molecule has 0 bridgehead atoms. The zero-order valence-corrected chi connectivity index (χ0v) is 24.3. The van der Waals surface area contributed by atoms with Gasteiger partial charge in [0.15, 0.2) is 0 Å². The van der Waals surface area contributed by atoms with Gasteiger partial charge in [0.2, 0.25) is 0 Å². The molecule has 0 unspecified atom stereocenters. The van der Waals surface area contributed by atoms with E-state index in [0.717, 1.165) is 11.8 Å². The van der Waals surface area contributed by atoms with Gasteiger partial charge in [-0.25, -0.2) is 0 Å². The van der Waals surface area contributed by atoms with Gasteiger partial charge in [-0.1, -0.05) is 142 Å². The fourth-order valence-corrected chi connectivity index (χ4v) is 4.67. The summed E-state index contributed by atoms with van der Waals surface area (Å²) in [6.07, 6.45) is 29.9. The van der Waals surface area contributed by atoms with Gasteiger partial charge in [0.1, 0.15) is 0 Å². The summed E-state index contributed by atoms with van der Waals surface area (Å²) in [6.45, 7) is 4.58. The van der Waals surface area contributed by atoms with E-state index in [1.807, 2.05) is 0 Å². The van der Waals surface area contributed by atoms with Crippen molar-refractivity contribution in [2.75, 3.05) is 0 Å². The molecule has 0 radical (unpaired) electrons. The number of hydrogen-bond acceptors (Lipinski definition) is 0. The van der Waals surface area contributed by atoms with Crippen molar-refractivity contribution in [3.8, 4) is 0 Å². The Kier molecular flexibility index (Phi) is 43.1. The minimum Gasteiger partial charge on any atom is -0.358 e. The second-order valence-corrected chi connectivity index (χ2v) is 8.71. The largest absolute Gasteiger partial charge is 4.00 e. The zero-order chi connectivity index (χ0) is 17.3. The van der Waals surface area contributed by atoms with Crippen LogP contribution in [0.2, 0.25) is 0 Å². The van der Waals surface area contributed by atoms with Gasteiger partial charge in [-0.15, -0.1) is 0 Å². The van der Waals surface area contributed by atoms with Gasteiger partial charge in [0.05, 0.1) is 0 Å². The Bertz CT molecular complexity index is 213. The van der Waals surface area contributed by atoms with E-state index in [0.29, 0.717) is 0 Å². The molecule has 2 rings (SSSR count). The van der Waals surface area contributed by atoms with E-state index in [4.69, 9.17) is 0 Å². The molecule has 176 valence electrons. The van der Waals surface area contributed by atoms with Gasteiger partial charge >= 0.3 is 26.2 Å². The van der Waals surface area contributed by atoms with E-state index in [1.54, 1.807) is 0 Å². The summed E-state index contributed by atoms with van der Waals surface area (Å²) in [5.74, 6) is 2.23. The molecule has 2 aliphatic carbocycles. The molecule has 0 spiro atoms. The number of hydrogen-bond donors (Lipinski definition) is 0. The van der Waals surface area contributed by atoms with Crippen LogP contribution >= 0.6 is 0 Å². The van der Waals surface area contributed by atoms with Crippen LogP contribution in [-0.2, 0) is 26.2 Å². The van der Waals surface area contributed by atoms with E-state index in [-0.39, 0.29) is 55.9 Å². The standard InChI is InChI=1S/2C12H24.4CH3.Zr/c2*1-2-3-4-5-6-9-12-10-7-8-11-12;;;;;/h2*12H,2-11H2,1H3;4*1H3;/q;;4*-1;+4. The molecule has 2 aliphatic rings. The fourth-order valence-electron chi connectivity index (χ4n) is 4.67. The summed E-state index contributed by atoms with van der Waals surface area (Å²) in [7, 11) is 0. The molecule has 0 nitrogen and oxygen atoms in total. The Hall–Kier alpha value is 0.883. The number of rotatable bonds is 12. The fraction of sp³-hybridized carbons (Fsp3) is 0.857. The Morgan fingerprint density at radius 3 is 1.00 bits per heavy atom. The average molecular weight is 488 g/mol. The van der Waals surface area contributed by atoms with Crippen LogP contribution < -0.4 is 0 Å². The molecule has 0 aromatic rings. The molecule has 1 heteroatoms. The second-order valence-electron chi connectivity index (χ2n) is 8.71. The molecule has 29 heavy (non-hydrogen) atoms. The van der Waals surface area contributed by atoms with Crippen LogP contribution in [-0.4, -0.2) is 0 Å². The first-order chi connectivity index (χ1) is 11.9. The molecule has 0 heterocycles. The summed E-state index contributed by atoms with van der Waals surface area (Å²) in [5.41, 5.74) is 0. The normalized spacial score (nSPS) is 15.5. The molecule has 0 aromatic heterocycles. The van der Waals surface area contributed by atoms with Gasteiger partial charge in [-0.3, -0.25) is 0 Å². The van der Waals surface area contributed by atoms with E-state index < -0.39 is 0 Å². The SMILES string of the molecule is CCCCCCCC1CCCC1.CCCCCCCC1CCCC1.[CH3-].[CH3-].[CH3-].[CH3-].[Zr+4]. The van der Waals surface area contributed by atoms with Crippen molar-refractivity contribution in [2.45, 2.75) is 142 Å².